The summed E-state index contributed by atoms with van der Waals surface area (Å²) < 4.78 is 0. The number of carboxylic acids is 2. The summed E-state index contributed by atoms with van der Waals surface area (Å²) in [7, 11) is 0. The average molecular weight is 409 g/mol. The van der Waals surface area contributed by atoms with Crippen LogP contribution in [0.25, 0.3) is 0 Å². The van der Waals surface area contributed by atoms with E-state index in [0.29, 0.717) is 25.1 Å². The number of amides is 2. The Morgan fingerprint density at radius 3 is 2.34 bits per heavy atom. The van der Waals surface area contributed by atoms with Crippen LogP contribution in [0.4, 0.5) is 5.69 Å². The summed E-state index contributed by atoms with van der Waals surface area (Å²) in [4.78, 5) is 44.8. The first-order chi connectivity index (χ1) is 13.6. The molecule has 160 valence electrons. The molecule has 6 N–H and O–H groups in total. The maximum Gasteiger partial charge on any atom is 0.414 e. The predicted molar refractivity (Wildman–Crippen MR) is 105 cm³/mol. The topological polar surface area (TPSA) is 170 Å². The highest BCUT2D eigenvalue weighted by molar-refractivity contribution is 6.27. The number of nitrogens with one attached hydrogen (secondary N) is 1. The zero-order chi connectivity index (χ0) is 22.1. The smallest absolute Gasteiger partial charge is 0.414 e. The van der Waals surface area contributed by atoms with Gasteiger partial charge in [0.25, 0.3) is 0 Å². The molecule has 2 atom stereocenters. The summed E-state index contributed by atoms with van der Waals surface area (Å²) in [5, 5.41) is 27.3. The van der Waals surface area contributed by atoms with Gasteiger partial charge in [-0.2, -0.15) is 0 Å². The van der Waals surface area contributed by atoms with Gasteiger partial charge in [0, 0.05) is 18.7 Å². The lowest BCUT2D eigenvalue weighted by Gasteiger charge is -2.27. The lowest BCUT2D eigenvalue weighted by molar-refractivity contribution is -0.159. The molecule has 1 aliphatic heterocycles. The number of phenolic OH excluding ortho intramolecular Hbond substituents is 1. The molecule has 0 saturated heterocycles. The van der Waals surface area contributed by atoms with Crippen molar-refractivity contribution in [3.8, 4) is 5.75 Å². The highest BCUT2D eigenvalue weighted by Gasteiger charge is 2.39. The van der Waals surface area contributed by atoms with E-state index >= 15 is 0 Å². The highest BCUT2D eigenvalue weighted by atomic mass is 16.4. The van der Waals surface area contributed by atoms with E-state index in [0.717, 1.165) is 18.4 Å². The number of fused-ring (bicyclic) bond motifs is 1. The Morgan fingerprint density at radius 1 is 1.21 bits per heavy atom. The first-order valence-electron chi connectivity index (χ1n) is 9.28. The van der Waals surface area contributed by atoms with Gasteiger partial charge in [0.15, 0.2) is 0 Å². The van der Waals surface area contributed by atoms with Crippen molar-refractivity contribution in [3.63, 3.8) is 0 Å². The first kappa shape index (κ1) is 23.9. The van der Waals surface area contributed by atoms with Crippen LogP contribution in [0.15, 0.2) is 18.2 Å². The third kappa shape index (κ3) is 6.46. The lowest BCUT2D eigenvalue weighted by atomic mass is 10.1. The molecule has 10 heteroatoms. The van der Waals surface area contributed by atoms with Gasteiger partial charge in [0.05, 0.1) is 6.04 Å². The van der Waals surface area contributed by atoms with Crippen molar-refractivity contribution in [1.29, 1.82) is 0 Å². The molecule has 1 aromatic carbocycles. The van der Waals surface area contributed by atoms with Crippen LogP contribution in [0.5, 0.6) is 5.75 Å². The molecule has 1 aliphatic rings. The fourth-order valence-corrected chi connectivity index (χ4v) is 2.78. The Labute approximate surface area is 168 Å². The Hall–Kier alpha value is -3.14. The minimum Gasteiger partial charge on any atom is -0.508 e. The third-order valence-corrected chi connectivity index (χ3v) is 4.36. The van der Waals surface area contributed by atoms with Crippen LogP contribution in [-0.2, 0) is 25.6 Å². The van der Waals surface area contributed by atoms with Gasteiger partial charge in [-0.1, -0.05) is 20.3 Å². The molecule has 0 unspecified atom stereocenters. The predicted octanol–water partition coefficient (Wildman–Crippen LogP) is 0.459. The largest absolute Gasteiger partial charge is 0.508 e. The molecule has 0 spiro atoms. The van der Waals surface area contributed by atoms with Gasteiger partial charge < -0.3 is 26.4 Å². The number of benzene rings is 1. The van der Waals surface area contributed by atoms with E-state index in [1.165, 1.54) is 11.0 Å². The molecule has 0 radical (unpaired) electrons. The number of nitrogens with two attached hydrogens (primary N) is 1. The zero-order valence-corrected chi connectivity index (χ0v) is 16.4. The number of hydrogen-bond donors (Lipinski definition) is 5. The number of aliphatic carboxylic acids is 2. The van der Waals surface area contributed by atoms with Gasteiger partial charge in [-0.15, -0.1) is 0 Å². The van der Waals surface area contributed by atoms with Crippen molar-refractivity contribution in [2.75, 3.05) is 11.4 Å². The van der Waals surface area contributed by atoms with Crippen molar-refractivity contribution >= 4 is 29.4 Å². The minimum atomic E-state index is -1.82. The van der Waals surface area contributed by atoms with Crippen molar-refractivity contribution in [2.45, 2.75) is 51.6 Å². The van der Waals surface area contributed by atoms with Crippen LogP contribution in [0.2, 0.25) is 0 Å². The molecule has 0 saturated carbocycles. The van der Waals surface area contributed by atoms with Crippen LogP contribution in [0, 0.1) is 0 Å². The van der Waals surface area contributed by atoms with E-state index in [9.17, 15) is 14.7 Å². The zero-order valence-electron chi connectivity index (χ0n) is 16.4. The minimum absolute atomic E-state index is 0.128. The van der Waals surface area contributed by atoms with Gasteiger partial charge >= 0.3 is 11.9 Å². The van der Waals surface area contributed by atoms with E-state index in [1.807, 2.05) is 6.92 Å². The van der Waals surface area contributed by atoms with Gasteiger partial charge in [-0.25, -0.2) is 9.59 Å². The Balaban J connectivity index is 0.000000612. The van der Waals surface area contributed by atoms with Gasteiger partial charge in [-0.3, -0.25) is 14.5 Å². The molecule has 2 amide bonds. The standard InChI is InChI=1S/C17H25N3O3.C2H2O4/c1-3-5-8-19-16(22)15-10-11-9-12(21)6-7-14(11)20(15)17(23)13(18)4-2;3-1(4)2(5)6/h6-7,9,13,15,21H,3-5,8,10,18H2,1-2H3,(H,19,22);(H,3,4)(H,5,6)/t13-,15-;/m0./s1. The fraction of sp³-hybridized carbons (Fsp3) is 0.474. The quantitative estimate of drug-likeness (QED) is 0.333. The number of unbranched alkanes of at least 4 members (excludes halogenated alkanes) is 1. The first-order valence-corrected chi connectivity index (χ1v) is 9.28. The summed E-state index contributed by atoms with van der Waals surface area (Å²) in [5.74, 6) is -3.95. The van der Waals surface area contributed by atoms with Crippen molar-refractivity contribution in [3.05, 3.63) is 23.8 Å². The second-order valence-corrected chi connectivity index (χ2v) is 6.51. The summed E-state index contributed by atoms with van der Waals surface area (Å²) in [6.07, 6.45) is 2.79. The second kappa shape index (κ2) is 11.0. The van der Waals surface area contributed by atoms with Gasteiger partial charge in [0.2, 0.25) is 11.8 Å². The number of carboxylic acid groups (broad SMARTS) is 2. The molecule has 29 heavy (non-hydrogen) atoms. The van der Waals surface area contributed by atoms with E-state index < -0.39 is 24.0 Å². The van der Waals surface area contributed by atoms with Crippen LogP contribution < -0.4 is 16.0 Å². The summed E-state index contributed by atoms with van der Waals surface area (Å²) in [5.41, 5.74) is 7.34. The van der Waals surface area contributed by atoms with Crippen LogP contribution in [-0.4, -0.2) is 57.7 Å². The monoisotopic (exact) mass is 409 g/mol. The van der Waals surface area contributed by atoms with E-state index in [1.54, 1.807) is 12.1 Å². The number of anilines is 1. The van der Waals surface area contributed by atoms with Gasteiger partial charge in [-0.05, 0) is 36.6 Å². The number of rotatable bonds is 6. The SMILES string of the molecule is CCCCNC(=O)[C@@H]1Cc2cc(O)ccc2N1C(=O)[C@@H](N)CC.O=C(O)C(=O)O. The van der Waals surface area contributed by atoms with Crippen molar-refractivity contribution < 1.29 is 34.5 Å². The Kier molecular flexibility index (Phi) is 9.07. The molecule has 1 heterocycles. The summed E-state index contributed by atoms with van der Waals surface area (Å²) >= 11 is 0. The van der Waals surface area contributed by atoms with Crippen LogP contribution >= 0.6 is 0 Å². The normalized spacial score (nSPS) is 15.6. The number of nitrogens with zero attached hydrogens (tertiary/aromatic N) is 1. The lowest BCUT2D eigenvalue weighted by Crippen LogP contribution is -2.53. The van der Waals surface area contributed by atoms with Crippen LogP contribution in [0.1, 0.15) is 38.7 Å². The summed E-state index contributed by atoms with van der Waals surface area (Å²) in [6, 6.07) is 3.56. The fourth-order valence-electron chi connectivity index (χ4n) is 2.78. The number of hydrogen-bond acceptors (Lipinski definition) is 6. The van der Waals surface area contributed by atoms with Gasteiger partial charge in [0.1, 0.15) is 11.8 Å². The number of carbonyl (C=O) groups excluding carboxylic acids is 2. The van der Waals surface area contributed by atoms with E-state index in [4.69, 9.17) is 25.5 Å². The molecular weight excluding hydrogens is 382 g/mol. The summed E-state index contributed by atoms with van der Waals surface area (Å²) in [6.45, 7) is 4.48. The number of aromatic hydroxyl groups is 1. The van der Waals surface area contributed by atoms with Crippen molar-refractivity contribution in [1.82, 2.24) is 5.32 Å². The molecule has 10 nitrogen and oxygen atoms in total. The molecule has 0 bridgehead atoms. The second-order valence-electron chi connectivity index (χ2n) is 6.51. The number of phenols is 1. The Bertz CT molecular complexity index is 754. The molecular formula is C19H27N3O7. The van der Waals surface area contributed by atoms with E-state index in [2.05, 4.69) is 12.2 Å². The Morgan fingerprint density at radius 2 is 1.83 bits per heavy atom. The number of carbonyl (C=O) groups is 4. The van der Waals surface area contributed by atoms with E-state index in [-0.39, 0.29) is 17.6 Å². The molecule has 0 fully saturated rings. The average Bonchev–Trinajstić information content (AvgIpc) is 3.05. The van der Waals surface area contributed by atoms with Crippen LogP contribution in [0.3, 0.4) is 0 Å². The molecule has 1 aromatic rings. The maximum atomic E-state index is 12.6. The van der Waals surface area contributed by atoms with Crippen molar-refractivity contribution in [2.24, 2.45) is 5.73 Å². The molecule has 0 aliphatic carbocycles. The maximum absolute atomic E-state index is 12.6. The highest BCUT2D eigenvalue weighted by Crippen LogP contribution is 2.35. The molecule has 0 aromatic heterocycles. The third-order valence-electron chi connectivity index (χ3n) is 4.36. The molecule has 2 rings (SSSR count).